The monoisotopic (exact) mass is 404 g/mol. The van der Waals surface area contributed by atoms with Crippen LogP contribution in [0.2, 0.25) is 5.02 Å². The summed E-state index contributed by atoms with van der Waals surface area (Å²) in [5.74, 6) is 1.41. The molecule has 8 heteroatoms. The van der Waals surface area contributed by atoms with Crippen LogP contribution in [0.25, 0.3) is 11.4 Å². The minimum absolute atomic E-state index is 0.114. The number of rotatable bonds is 6. The van der Waals surface area contributed by atoms with Gasteiger partial charge in [0.15, 0.2) is 11.0 Å². The van der Waals surface area contributed by atoms with Crippen molar-refractivity contribution < 1.29 is 9.21 Å². The summed E-state index contributed by atoms with van der Waals surface area (Å²) in [6.45, 7) is 8.32. The fraction of sp³-hybridized carbons (Fsp3) is 0.316. The Morgan fingerprint density at radius 3 is 2.78 bits per heavy atom. The summed E-state index contributed by atoms with van der Waals surface area (Å²) < 4.78 is 7.35. The van der Waals surface area contributed by atoms with Gasteiger partial charge in [0.05, 0.1) is 17.1 Å². The van der Waals surface area contributed by atoms with Gasteiger partial charge in [-0.25, -0.2) is 0 Å². The predicted octanol–water partition coefficient (Wildman–Crippen LogP) is 4.95. The molecule has 0 aliphatic heterocycles. The number of amides is 1. The Labute approximate surface area is 167 Å². The van der Waals surface area contributed by atoms with Gasteiger partial charge in [-0.2, -0.15) is 0 Å². The van der Waals surface area contributed by atoms with Crippen molar-refractivity contribution in [2.75, 3.05) is 5.32 Å². The van der Waals surface area contributed by atoms with Crippen LogP contribution in [0.1, 0.15) is 25.2 Å². The normalized spacial score (nSPS) is 12.2. The molecule has 1 amide bonds. The molecule has 27 heavy (non-hydrogen) atoms. The lowest BCUT2D eigenvalue weighted by Crippen LogP contribution is -2.23. The van der Waals surface area contributed by atoms with Gasteiger partial charge in [0.1, 0.15) is 5.76 Å². The third-order valence-corrected chi connectivity index (χ3v) is 5.80. The molecule has 1 aromatic carbocycles. The predicted molar refractivity (Wildman–Crippen MR) is 108 cm³/mol. The summed E-state index contributed by atoms with van der Waals surface area (Å²) in [6, 6.07) is 7.33. The van der Waals surface area contributed by atoms with E-state index in [0.717, 1.165) is 22.7 Å². The molecule has 0 saturated carbocycles. The number of furan rings is 1. The van der Waals surface area contributed by atoms with Crippen molar-refractivity contribution in [2.45, 2.75) is 44.6 Å². The first-order valence-corrected chi connectivity index (χ1v) is 9.88. The number of aromatic nitrogens is 3. The summed E-state index contributed by atoms with van der Waals surface area (Å²) in [7, 11) is 0. The van der Waals surface area contributed by atoms with Crippen LogP contribution in [0.4, 0.5) is 5.69 Å². The van der Waals surface area contributed by atoms with E-state index in [1.54, 1.807) is 12.3 Å². The fourth-order valence-corrected chi connectivity index (χ4v) is 3.75. The van der Waals surface area contributed by atoms with Crippen molar-refractivity contribution in [3.8, 4) is 11.4 Å². The van der Waals surface area contributed by atoms with E-state index in [1.807, 2.05) is 50.5 Å². The minimum Gasteiger partial charge on any atom is -0.469 e. The van der Waals surface area contributed by atoms with Crippen molar-refractivity contribution in [3.05, 3.63) is 46.9 Å². The summed E-state index contributed by atoms with van der Waals surface area (Å²) in [4.78, 5) is 12.6. The third kappa shape index (κ3) is 4.04. The number of carbonyl (C=O) groups is 1. The van der Waals surface area contributed by atoms with Crippen molar-refractivity contribution >= 4 is 35.0 Å². The number of anilines is 1. The number of nitrogens with zero attached hydrogens (tertiary/aromatic N) is 3. The number of nitrogens with one attached hydrogen (secondary N) is 1. The van der Waals surface area contributed by atoms with E-state index in [0.29, 0.717) is 22.4 Å². The number of hydrogen-bond acceptors (Lipinski definition) is 5. The summed E-state index contributed by atoms with van der Waals surface area (Å²) in [5, 5.41) is 12.5. The van der Waals surface area contributed by atoms with Crippen molar-refractivity contribution in [3.63, 3.8) is 0 Å². The van der Waals surface area contributed by atoms with Gasteiger partial charge in [0.25, 0.3) is 0 Å². The van der Waals surface area contributed by atoms with Crippen LogP contribution in [0.3, 0.4) is 0 Å². The van der Waals surface area contributed by atoms with Crippen LogP contribution in [0.5, 0.6) is 0 Å². The standard InChI is InChI=1S/C19H21ClN4O2S/c1-5-24-17(14-9-10-26-12(14)3)22-23-19(24)27-13(4)18(25)21-16-8-6-7-15(20)11(16)2/h6-10,13H,5H2,1-4H3,(H,21,25)/t13-/m1/s1. The van der Waals surface area contributed by atoms with Gasteiger partial charge >= 0.3 is 0 Å². The van der Waals surface area contributed by atoms with E-state index >= 15 is 0 Å². The van der Waals surface area contributed by atoms with E-state index < -0.39 is 0 Å². The largest absolute Gasteiger partial charge is 0.469 e. The van der Waals surface area contributed by atoms with Crippen molar-refractivity contribution in [1.29, 1.82) is 0 Å². The Kier molecular flexibility index (Phi) is 5.92. The number of benzene rings is 1. The van der Waals surface area contributed by atoms with Crippen LogP contribution >= 0.6 is 23.4 Å². The SMILES string of the molecule is CCn1c(S[C@H](C)C(=O)Nc2cccc(Cl)c2C)nnc1-c1ccoc1C. The zero-order valence-electron chi connectivity index (χ0n) is 15.6. The van der Waals surface area contributed by atoms with E-state index in [9.17, 15) is 4.79 Å². The molecule has 1 atom stereocenters. The zero-order valence-corrected chi connectivity index (χ0v) is 17.2. The Morgan fingerprint density at radius 2 is 2.11 bits per heavy atom. The van der Waals surface area contributed by atoms with Gasteiger partial charge in [-0.15, -0.1) is 10.2 Å². The molecule has 3 rings (SSSR count). The minimum atomic E-state index is -0.351. The molecule has 3 aromatic rings. The molecule has 2 aromatic heterocycles. The second-order valence-corrected chi connectivity index (χ2v) is 7.82. The Bertz CT molecular complexity index is 967. The molecule has 0 saturated heterocycles. The second kappa shape index (κ2) is 8.19. The maximum absolute atomic E-state index is 12.6. The van der Waals surface area contributed by atoms with E-state index in [4.69, 9.17) is 16.0 Å². The van der Waals surface area contributed by atoms with Gasteiger partial charge in [0.2, 0.25) is 5.91 Å². The molecule has 0 fully saturated rings. The molecule has 0 unspecified atom stereocenters. The highest BCUT2D eigenvalue weighted by Crippen LogP contribution is 2.30. The van der Waals surface area contributed by atoms with Crippen LogP contribution in [-0.2, 0) is 11.3 Å². The highest BCUT2D eigenvalue weighted by atomic mass is 35.5. The summed E-state index contributed by atoms with van der Waals surface area (Å²) >= 11 is 7.49. The van der Waals surface area contributed by atoms with E-state index in [-0.39, 0.29) is 11.2 Å². The maximum atomic E-state index is 12.6. The number of aryl methyl sites for hydroxylation is 1. The second-order valence-electron chi connectivity index (χ2n) is 6.10. The van der Waals surface area contributed by atoms with Crippen LogP contribution in [0.15, 0.2) is 40.1 Å². The highest BCUT2D eigenvalue weighted by molar-refractivity contribution is 8.00. The van der Waals surface area contributed by atoms with Crippen LogP contribution < -0.4 is 5.32 Å². The van der Waals surface area contributed by atoms with E-state index in [2.05, 4.69) is 15.5 Å². The molecule has 0 bridgehead atoms. The number of hydrogen-bond donors (Lipinski definition) is 1. The zero-order chi connectivity index (χ0) is 19.6. The molecule has 0 aliphatic rings. The average Bonchev–Trinajstić information content (AvgIpc) is 3.24. The van der Waals surface area contributed by atoms with Crippen LogP contribution in [0, 0.1) is 13.8 Å². The molecular weight excluding hydrogens is 384 g/mol. The van der Waals surface area contributed by atoms with Gasteiger partial charge < -0.3 is 14.3 Å². The summed E-state index contributed by atoms with van der Waals surface area (Å²) in [6.07, 6.45) is 1.63. The fourth-order valence-electron chi connectivity index (χ4n) is 2.67. The first-order valence-electron chi connectivity index (χ1n) is 8.62. The van der Waals surface area contributed by atoms with Gasteiger partial charge in [-0.1, -0.05) is 29.4 Å². The number of halogens is 1. The average molecular weight is 405 g/mol. The first-order chi connectivity index (χ1) is 12.9. The first kappa shape index (κ1) is 19.5. The Balaban J connectivity index is 1.77. The van der Waals surface area contributed by atoms with E-state index in [1.165, 1.54) is 11.8 Å². The topological polar surface area (TPSA) is 73.0 Å². The molecular formula is C19H21ClN4O2S. The summed E-state index contributed by atoms with van der Waals surface area (Å²) in [5.41, 5.74) is 2.47. The van der Waals surface area contributed by atoms with Gasteiger partial charge in [-0.05, 0) is 51.5 Å². The van der Waals surface area contributed by atoms with Crippen LogP contribution in [-0.4, -0.2) is 25.9 Å². The third-order valence-electron chi connectivity index (χ3n) is 4.31. The van der Waals surface area contributed by atoms with Gasteiger partial charge in [0, 0.05) is 17.3 Å². The highest BCUT2D eigenvalue weighted by Gasteiger charge is 2.22. The molecule has 0 spiro atoms. The smallest absolute Gasteiger partial charge is 0.237 e. The molecule has 0 radical (unpaired) electrons. The quantitative estimate of drug-likeness (QED) is 0.588. The Morgan fingerprint density at radius 1 is 1.33 bits per heavy atom. The maximum Gasteiger partial charge on any atom is 0.237 e. The number of thioether (sulfide) groups is 1. The molecule has 6 nitrogen and oxygen atoms in total. The molecule has 142 valence electrons. The number of carbonyl (C=O) groups excluding carboxylic acids is 1. The Hall–Kier alpha value is -2.25. The van der Waals surface area contributed by atoms with Crippen molar-refractivity contribution in [2.24, 2.45) is 0 Å². The van der Waals surface area contributed by atoms with Gasteiger partial charge in [-0.3, -0.25) is 4.79 Å². The van der Waals surface area contributed by atoms with Crippen molar-refractivity contribution in [1.82, 2.24) is 14.8 Å². The molecule has 2 heterocycles. The molecule has 0 aliphatic carbocycles. The lowest BCUT2D eigenvalue weighted by molar-refractivity contribution is -0.115. The lowest BCUT2D eigenvalue weighted by atomic mass is 10.2. The molecule has 1 N–H and O–H groups in total. The lowest BCUT2D eigenvalue weighted by Gasteiger charge is -2.14.